The molecule has 3 heterocycles. The van der Waals surface area contributed by atoms with Crippen molar-refractivity contribution in [3.8, 4) is 5.75 Å². The standard InChI is InChI=1S/C24H29FN6O3S/c1-14(9-19-24(30-26)35-13-20(32)29-19)10-27-16-5-3-15(4-6-16)12-34-23-17(25)11-28-18-7-8-21(33)31(2)22(18)23/h7-9,11,15-16,27H,1,3-6,10,12-13,26H2,2H3,(H,29,32)/b19-9+,30-24+/t15-,16-. The number of carbonyl (C=O) groups excluding carboxylic acids is 1. The van der Waals surface area contributed by atoms with Crippen LogP contribution in [0.5, 0.6) is 5.75 Å². The van der Waals surface area contributed by atoms with Crippen molar-refractivity contribution in [1.29, 1.82) is 0 Å². The van der Waals surface area contributed by atoms with Gasteiger partial charge in [-0.2, -0.15) is 5.10 Å². The second-order valence-electron chi connectivity index (χ2n) is 8.80. The molecule has 1 aliphatic heterocycles. The summed E-state index contributed by atoms with van der Waals surface area (Å²) in [5.41, 5.74) is 2.04. The largest absolute Gasteiger partial charge is 0.488 e. The molecule has 2 fully saturated rings. The maximum atomic E-state index is 14.5. The maximum Gasteiger partial charge on any atom is 0.250 e. The molecule has 0 radical (unpaired) electrons. The number of ether oxygens (including phenoxy) is 1. The van der Waals surface area contributed by atoms with E-state index in [1.54, 1.807) is 19.2 Å². The third kappa shape index (κ3) is 5.91. The van der Waals surface area contributed by atoms with Gasteiger partial charge in [-0.1, -0.05) is 18.3 Å². The minimum atomic E-state index is -0.572. The highest BCUT2D eigenvalue weighted by molar-refractivity contribution is 8.15. The molecule has 4 rings (SSSR count). The summed E-state index contributed by atoms with van der Waals surface area (Å²) in [6.07, 6.45) is 6.71. The number of hydrogen-bond acceptors (Lipinski definition) is 8. The fourth-order valence-corrected chi connectivity index (χ4v) is 5.03. The van der Waals surface area contributed by atoms with Crippen LogP contribution in [0.25, 0.3) is 11.0 Å². The zero-order chi connectivity index (χ0) is 24.9. The van der Waals surface area contributed by atoms with Crippen LogP contribution in [-0.2, 0) is 11.8 Å². The molecule has 11 heteroatoms. The lowest BCUT2D eigenvalue weighted by Gasteiger charge is -2.29. The number of amides is 1. The van der Waals surface area contributed by atoms with Gasteiger partial charge in [-0.25, -0.2) is 4.39 Å². The number of pyridine rings is 2. The molecule has 2 aliphatic rings. The van der Waals surface area contributed by atoms with E-state index in [0.717, 1.165) is 37.5 Å². The second kappa shape index (κ2) is 11.0. The van der Waals surface area contributed by atoms with Gasteiger partial charge in [-0.05, 0) is 49.3 Å². The Bertz CT molecular complexity index is 1250. The molecule has 1 amide bonds. The molecule has 0 aromatic carbocycles. The Morgan fingerprint density at radius 3 is 2.91 bits per heavy atom. The maximum absolute atomic E-state index is 14.5. The number of halogens is 1. The number of rotatable bonds is 7. The molecular formula is C24H29FN6O3S. The van der Waals surface area contributed by atoms with E-state index in [9.17, 15) is 14.0 Å². The van der Waals surface area contributed by atoms with E-state index in [2.05, 4.69) is 27.3 Å². The van der Waals surface area contributed by atoms with Crippen molar-refractivity contribution in [1.82, 2.24) is 20.2 Å². The molecule has 1 aliphatic carbocycles. The van der Waals surface area contributed by atoms with E-state index < -0.39 is 5.82 Å². The van der Waals surface area contributed by atoms with Crippen molar-refractivity contribution in [2.75, 3.05) is 18.9 Å². The number of hydrogen-bond donors (Lipinski definition) is 3. The predicted molar refractivity (Wildman–Crippen MR) is 136 cm³/mol. The van der Waals surface area contributed by atoms with Crippen molar-refractivity contribution in [3.05, 3.63) is 58.4 Å². The third-order valence-electron chi connectivity index (χ3n) is 6.28. The van der Waals surface area contributed by atoms with Crippen LogP contribution in [0.1, 0.15) is 25.7 Å². The summed E-state index contributed by atoms with van der Waals surface area (Å²) >= 11 is 1.30. The van der Waals surface area contributed by atoms with Crippen molar-refractivity contribution < 1.29 is 13.9 Å². The van der Waals surface area contributed by atoms with Crippen LogP contribution >= 0.6 is 11.8 Å². The minimum Gasteiger partial charge on any atom is -0.488 e. The normalized spacial score (nSPS) is 23.0. The quantitative estimate of drug-likeness (QED) is 0.393. The number of nitrogens with one attached hydrogen (secondary N) is 2. The average molecular weight is 501 g/mol. The van der Waals surface area contributed by atoms with Crippen LogP contribution in [0, 0.1) is 11.7 Å². The Kier molecular flexibility index (Phi) is 7.86. The molecule has 9 nitrogen and oxygen atoms in total. The van der Waals surface area contributed by atoms with E-state index in [-0.39, 0.29) is 17.2 Å². The Morgan fingerprint density at radius 1 is 1.40 bits per heavy atom. The van der Waals surface area contributed by atoms with Crippen molar-refractivity contribution >= 4 is 33.7 Å². The average Bonchev–Trinajstić information content (AvgIpc) is 2.85. The van der Waals surface area contributed by atoms with Crippen molar-refractivity contribution in [2.24, 2.45) is 23.9 Å². The first kappa shape index (κ1) is 24.9. The summed E-state index contributed by atoms with van der Waals surface area (Å²) in [4.78, 5) is 27.7. The topological polar surface area (TPSA) is 124 Å². The molecule has 2 aromatic heterocycles. The number of nitrogens with two attached hydrogens (primary N) is 1. The Balaban J connectivity index is 1.28. The van der Waals surface area contributed by atoms with Crippen molar-refractivity contribution in [2.45, 2.75) is 31.7 Å². The summed E-state index contributed by atoms with van der Waals surface area (Å²) < 4.78 is 21.8. The summed E-state index contributed by atoms with van der Waals surface area (Å²) in [5, 5.41) is 10.6. The number of carbonyl (C=O) groups is 1. The van der Waals surface area contributed by atoms with E-state index in [1.807, 2.05) is 0 Å². The fraction of sp³-hybridized carbons (Fsp3) is 0.417. The molecule has 1 saturated carbocycles. The van der Waals surface area contributed by atoms with E-state index in [4.69, 9.17) is 10.6 Å². The first-order valence-corrected chi connectivity index (χ1v) is 12.4. The van der Waals surface area contributed by atoms with Gasteiger partial charge in [0.05, 0.1) is 29.8 Å². The predicted octanol–water partition coefficient (Wildman–Crippen LogP) is 2.18. The Labute approximate surface area is 206 Å². The molecule has 186 valence electrons. The highest BCUT2D eigenvalue weighted by Crippen LogP contribution is 2.29. The van der Waals surface area contributed by atoms with Crippen LogP contribution in [0.3, 0.4) is 0 Å². The molecule has 0 bridgehead atoms. The first-order valence-electron chi connectivity index (χ1n) is 11.5. The molecule has 0 atom stereocenters. The van der Waals surface area contributed by atoms with Gasteiger partial charge in [-0.3, -0.25) is 14.6 Å². The molecular weight excluding hydrogens is 471 g/mol. The number of hydrazone groups is 1. The van der Waals surface area contributed by atoms with Gasteiger partial charge >= 0.3 is 0 Å². The van der Waals surface area contributed by atoms with E-state index in [1.165, 1.54) is 22.4 Å². The molecule has 4 N–H and O–H groups in total. The number of nitrogens with zero attached hydrogens (tertiary/aromatic N) is 3. The lowest BCUT2D eigenvalue weighted by molar-refractivity contribution is -0.117. The molecule has 2 aromatic rings. The molecule has 1 saturated heterocycles. The number of thioether (sulfide) groups is 1. The smallest absolute Gasteiger partial charge is 0.250 e. The zero-order valence-corrected chi connectivity index (χ0v) is 20.4. The Hall–Kier alpha value is -3.18. The summed E-state index contributed by atoms with van der Waals surface area (Å²) in [7, 11) is 1.59. The number of aryl methyl sites for hydroxylation is 1. The molecule has 0 spiro atoms. The fourth-order valence-electron chi connectivity index (χ4n) is 4.35. The van der Waals surface area contributed by atoms with Crippen molar-refractivity contribution in [3.63, 3.8) is 0 Å². The lowest BCUT2D eigenvalue weighted by Crippen LogP contribution is -2.36. The highest BCUT2D eigenvalue weighted by atomic mass is 32.2. The van der Waals surface area contributed by atoms with Gasteiger partial charge in [0.1, 0.15) is 10.6 Å². The van der Waals surface area contributed by atoms with Crippen LogP contribution in [-0.4, -0.2) is 45.4 Å². The zero-order valence-electron chi connectivity index (χ0n) is 19.6. The van der Waals surface area contributed by atoms with Crippen LogP contribution < -0.4 is 26.8 Å². The van der Waals surface area contributed by atoms with Gasteiger partial charge < -0.3 is 25.8 Å². The van der Waals surface area contributed by atoms with Gasteiger partial charge in [-0.15, -0.1) is 0 Å². The third-order valence-corrected chi connectivity index (χ3v) is 7.28. The second-order valence-corrected chi connectivity index (χ2v) is 9.76. The van der Waals surface area contributed by atoms with E-state index in [0.29, 0.717) is 52.6 Å². The first-order chi connectivity index (χ1) is 16.9. The van der Waals surface area contributed by atoms with Crippen LogP contribution in [0.2, 0.25) is 0 Å². The highest BCUT2D eigenvalue weighted by Gasteiger charge is 2.23. The number of fused-ring (bicyclic) bond motifs is 1. The monoisotopic (exact) mass is 500 g/mol. The lowest BCUT2D eigenvalue weighted by atomic mass is 9.86. The summed E-state index contributed by atoms with van der Waals surface area (Å²) in [6, 6.07) is 3.32. The van der Waals surface area contributed by atoms with Gasteiger partial charge in [0.15, 0.2) is 11.6 Å². The summed E-state index contributed by atoms with van der Waals surface area (Å²) in [6.45, 7) is 5.03. The number of aromatic nitrogens is 2. The van der Waals surface area contributed by atoms with Gasteiger partial charge in [0, 0.05) is 25.7 Å². The SMILES string of the molecule is C=C(/C=C1/NC(=O)CS/C1=N/N)CN[C@H]1CC[C@H](COc2c(F)cnc3ccc(=O)n(C)c23)CC1. The summed E-state index contributed by atoms with van der Waals surface area (Å²) in [5.74, 6) is 5.42. The molecule has 0 unspecified atom stereocenters. The van der Waals surface area contributed by atoms with E-state index >= 15 is 0 Å². The Morgan fingerprint density at radius 2 is 2.17 bits per heavy atom. The molecule has 35 heavy (non-hydrogen) atoms. The van der Waals surface area contributed by atoms with Crippen LogP contribution in [0.4, 0.5) is 4.39 Å². The van der Waals surface area contributed by atoms with Crippen LogP contribution in [0.15, 0.2) is 52.2 Å². The van der Waals surface area contributed by atoms with Gasteiger partial charge in [0.2, 0.25) is 5.91 Å². The van der Waals surface area contributed by atoms with Gasteiger partial charge in [0.25, 0.3) is 5.56 Å². The minimum absolute atomic E-state index is 0.0770.